The van der Waals surface area contributed by atoms with Crippen molar-refractivity contribution in [1.29, 1.82) is 0 Å². The van der Waals surface area contributed by atoms with Gasteiger partial charge in [-0.1, -0.05) is 13.8 Å². The number of fused-ring (bicyclic) bond motifs is 1. The molecule has 0 aliphatic carbocycles. The fourth-order valence-corrected chi connectivity index (χ4v) is 1.25. The molecule has 0 bridgehead atoms. The molecule has 4 heteroatoms. The third-order valence-electron chi connectivity index (χ3n) is 1.88. The summed E-state index contributed by atoms with van der Waals surface area (Å²) in [6.45, 7) is 4.17. The molecule has 0 aliphatic rings. The van der Waals surface area contributed by atoms with E-state index < -0.39 is 0 Å². The summed E-state index contributed by atoms with van der Waals surface area (Å²) in [5, 5.41) is 0. The fourth-order valence-electron chi connectivity index (χ4n) is 1.25. The second-order valence-corrected chi connectivity index (χ2v) is 3.17. The molecule has 0 saturated heterocycles. The highest BCUT2D eigenvalue weighted by atomic mass is 14.9. The molecule has 0 spiro atoms. The summed E-state index contributed by atoms with van der Waals surface area (Å²) in [5.74, 6) is 0.361. The van der Waals surface area contributed by atoms with Crippen molar-refractivity contribution in [2.75, 3.05) is 0 Å². The number of rotatable bonds is 1. The lowest BCUT2D eigenvalue weighted by Crippen LogP contribution is -1.97. The van der Waals surface area contributed by atoms with Crippen molar-refractivity contribution in [3.63, 3.8) is 0 Å². The molecular formula is C9H10N4. The maximum atomic E-state index is 4.20. The summed E-state index contributed by atoms with van der Waals surface area (Å²) in [6, 6.07) is 0. The molecule has 2 rings (SSSR count). The Hall–Kier alpha value is -1.58. The van der Waals surface area contributed by atoms with E-state index in [9.17, 15) is 0 Å². The zero-order valence-corrected chi connectivity index (χ0v) is 7.60. The highest BCUT2D eigenvalue weighted by molar-refractivity contribution is 5.75. The first-order valence-corrected chi connectivity index (χ1v) is 4.19. The van der Waals surface area contributed by atoms with Gasteiger partial charge < -0.3 is 0 Å². The van der Waals surface area contributed by atoms with Crippen LogP contribution in [0, 0.1) is 0 Å². The van der Waals surface area contributed by atoms with E-state index in [1.54, 1.807) is 12.5 Å². The van der Waals surface area contributed by atoms with E-state index in [0.29, 0.717) is 5.92 Å². The van der Waals surface area contributed by atoms with Crippen LogP contribution in [-0.4, -0.2) is 19.9 Å². The Bertz CT molecular complexity index is 419. The van der Waals surface area contributed by atoms with Crippen LogP contribution in [0.3, 0.4) is 0 Å². The average molecular weight is 174 g/mol. The lowest BCUT2D eigenvalue weighted by molar-refractivity contribution is 0.823. The minimum atomic E-state index is 0.361. The summed E-state index contributed by atoms with van der Waals surface area (Å²) < 4.78 is 0. The monoisotopic (exact) mass is 174 g/mol. The molecule has 0 fully saturated rings. The molecule has 0 aromatic carbocycles. The Morgan fingerprint density at radius 1 is 1.08 bits per heavy atom. The predicted octanol–water partition coefficient (Wildman–Crippen LogP) is 1.54. The normalized spacial score (nSPS) is 11.0. The maximum absolute atomic E-state index is 4.20. The molecule has 2 heterocycles. The molecule has 0 radical (unpaired) electrons. The van der Waals surface area contributed by atoms with Crippen molar-refractivity contribution in [3.05, 3.63) is 24.5 Å². The molecule has 4 nitrogen and oxygen atoms in total. The Kier molecular flexibility index (Phi) is 1.88. The molecule has 0 aliphatic heterocycles. The second-order valence-electron chi connectivity index (χ2n) is 3.17. The summed E-state index contributed by atoms with van der Waals surface area (Å²) in [5.41, 5.74) is 2.64. The smallest absolute Gasteiger partial charge is 0.116 e. The standard InChI is InChI=1S/C9H10N4/c1-6(2)8-9-7(11-5-13-8)3-10-4-12-9/h3-6H,1-2H3. The lowest BCUT2D eigenvalue weighted by atomic mass is 10.1. The first kappa shape index (κ1) is 8.04. The molecule has 2 aromatic heterocycles. The van der Waals surface area contributed by atoms with Crippen molar-refractivity contribution in [2.45, 2.75) is 19.8 Å². The van der Waals surface area contributed by atoms with Crippen LogP contribution in [0.1, 0.15) is 25.5 Å². The summed E-state index contributed by atoms with van der Waals surface area (Å²) in [6.07, 6.45) is 4.79. The summed E-state index contributed by atoms with van der Waals surface area (Å²) in [4.78, 5) is 16.4. The summed E-state index contributed by atoms with van der Waals surface area (Å²) in [7, 11) is 0. The zero-order valence-electron chi connectivity index (χ0n) is 7.60. The first-order chi connectivity index (χ1) is 6.29. The van der Waals surface area contributed by atoms with E-state index in [1.165, 1.54) is 6.33 Å². The largest absolute Gasteiger partial charge is 0.243 e. The molecule has 0 saturated carbocycles. The van der Waals surface area contributed by atoms with E-state index in [-0.39, 0.29) is 0 Å². The van der Waals surface area contributed by atoms with Gasteiger partial charge in [0.15, 0.2) is 0 Å². The van der Waals surface area contributed by atoms with Crippen LogP contribution in [0.15, 0.2) is 18.9 Å². The van der Waals surface area contributed by atoms with Crippen LogP contribution < -0.4 is 0 Å². The third kappa shape index (κ3) is 1.35. The van der Waals surface area contributed by atoms with Gasteiger partial charge in [-0.15, -0.1) is 0 Å². The van der Waals surface area contributed by atoms with E-state index >= 15 is 0 Å². The Morgan fingerprint density at radius 3 is 2.69 bits per heavy atom. The molecule has 66 valence electrons. The minimum Gasteiger partial charge on any atom is -0.243 e. The van der Waals surface area contributed by atoms with Gasteiger partial charge in [0, 0.05) is 0 Å². The van der Waals surface area contributed by atoms with Gasteiger partial charge in [-0.25, -0.2) is 19.9 Å². The van der Waals surface area contributed by atoms with Gasteiger partial charge in [-0.3, -0.25) is 0 Å². The molecule has 13 heavy (non-hydrogen) atoms. The van der Waals surface area contributed by atoms with Crippen molar-refractivity contribution in [1.82, 2.24) is 19.9 Å². The van der Waals surface area contributed by atoms with Gasteiger partial charge in [-0.2, -0.15) is 0 Å². The van der Waals surface area contributed by atoms with Crippen molar-refractivity contribution in [2.24, 2.45) is 0 Å². The molecule has 2 aromatic rings. The highest BCUT2D eigenvalue weighted by Crippen LogP contribution is 2.17. The van der Waals surface area contributed by atoms with Crippen LogP contribution in [0.2, 0.25) is 0 Å². The Labute approximate surface area is 76.1 Å². The number of nitrogens with zero attached hydrogens (tertiary/aromatic N) is 4. The number of hydrogen-bond donors (Lipinski definition) is 0. The Balaban J connectivity index is 2.76. The van der Waals surface area contributed by atoms with Crippen LogP contribution in [-0.2, 0) is 0 Å². The van der Waals surface area contributed by atoms with Crippen LogP contribution in [0.5, 0.6) is 0 Å². The van der Waals surface area contributed by atoms with Gasteiger partial charge >= 0.3 is 0 Å². The van der Waals surface area contributed by atoms with Crippen molar-refractivity contribution in [3.8, 4) is 0 Å². The van der Waals surface area contributed by atoms with Crippen LogP contribution in [0.4, 0.5) is 0 Å². The topological polar surface area (TPSA) is 51.6 Å². The third-order valence-corrected chi connectivity index (χ3v) is 1.88. The van der Waals surface area contributed by atoms with E-state index in [0.717, 1.165) is 16.7 Å². The maximum Gasteiger partial charge on any atom is 0.116 e. The molecule has 0 unspecified atom stereocenters. The first-order valence-electron chi connectivity index (χ1n) is 4.19. The van der Waals surface area contributed by atoms with Crippen LogP contribution >= 0.6 is 0 Å². The zero-order chi connectivity index (χ0) is 9.26. The van der Waals surface area contributed by atoms with E-state index in [4.69, 9.17) is 0 Å². The SMILES string of the molecule is CC(C)c1ncnc2cncnc12. The molecular weight excluding hydrogens is 164 g/mol. The highest BCUT2D eigenvalue weighted by Gasteiger charge is 2.07. The van der Waals surface area contributed by atoms with Crippen LogP contribution in [0.25, 0.3) is 11.0 Å². The average Bonchev–Trinajstić information content (AvgIpc) is 2.17. The fraction of sp³-hybridized carbons (Fsp3) is 0.333. The number of hydrogen-bond acceptors (Lipinski definition) is 4. The van der Waals surface area contributed by atoms with E-state index in [1.807, 2.05) is 0 Å². The van der Waals surface area contributed by atoms with E-state index in [2.05, 4.69) is 33.8 Å². The molecule has 0 atom stereocenters. The van der Waals surface area contributed by atoms with Crippen molar-refractivity contribution >= 4 is 11.0 Å². The Morgan fingerprint density at radius 2 is 1.92 bits per heavy atom. The molecule has 0 amide bonds. The quantitative estimate of drug-likeness (QED) is 0.658. The van der Waals surface area contributed by atoms with Gasteiger partial charge in [0.2, 0.25) is 0 Å². The number of aromatic nitrogens is 4. The minimum absolute atomic E-state index is 0.361. The van der Waals surface area contributed by atoms with Gasteiger partial charge in [0.1, 0.15) is 23.7 Å². The second kappa shape index (κ2) is 3.05. The van der Waals surface area contributed by atoms with Crippen molar-refractivity contribution < 1.29 is 0 Å². The lowest BCUT2D eigenvalue weighted by Gasteiger charge is -2.05. The van der Waals surface area contributed by atoms with Gasteiger partial charge in [-0.05, 0) is 5.92 Å². The van der Waals surface area contributed by atoms with Gasteiger partial charge in [0.25, 0.3) is 0 Å². The van der Waals surface area contributed by atoms with Gasteiger partial charge in [0.05, 0.1) is 11.9 Å². The predicted molar refractivity (Wildman–Crippen MR) is 49.2 cm³/mol. The molecule has 0 N–H and O–H groups in total. The summed E-state index contributed by atoms with van der Waals surface area (Å²) >= 11 is 0.